The molecule has 0 spiro atoms. The van der Waals surface area contributed by atoms with Crippen molar-refractivity contribution in [1.29, 1.82) is 0 Å². The van der Waals surface area contributed by atoms with E-state index in [1.54, 1.807) is 36.4 Å². The average Bonchev–Trinajstić information content (AvgIpc) is 3.17. The fraction of sp³-hybridized carbons (Fsp3) is 0.233. The Morgan fingerprint density at radius 2 is 1.77 bits per heavy atom. The molecule has 0 radical (unpaired) electrons. The van der Waals surface area contributed by atoms with Crippen LogP contribution in [0.25, 0.3) is 6.08 Å². The maximum absolute atomic E-state index is 13.2. The molecule has 1 heterocycles. The van der Waals surface area contributed by atoms with E-state index in [1.807, 2.05) is 31.2 Å². The Hall–Kier alpha value is -4.11. The minimum Gasteiger partial charge on any atom is -0.490 e. The quantitative estimate of drug-likeness (QED) is 0.287. The van der Waals surface area contributed by atoms with Crippen molar-refractivity contribution in [3.05, 3.63) is 94.1 Å². The second-order valence-electron chi connectivity index (χ2n) is 9.11. The zero-order valence-electron chi connectivity index (χ0n) is 21.9. The summed E-state index contributed by atoms with van der Waals surface area (Å²) in [5.41, 5.74) is 3.06. The first kappa shape index (κ1) is 27.9. The first-order chi connectivity index (χ1) is 18.7. The topological polar surface area (TPSA) is 84.9 Å². The van der Waals surface area contributed by atoms with E-state index >= 15 is 0 Å². The van der Waals surface area contributed by atoms with Gasteiger partial charge >= 0.3 is 0 Å². The van der Waals surface area contributed by atoms with Gasteiger partial charge in [0.25, 0.3) is 17.1 Å². The van der Waals surface area contributed by atoms with Crippen LogP contribution in [0, 0.1) is 5.82 Å². The molecule has 3 aromatic carbocycles. The Bertz CT molecular complexity index is 1400. The molecule has 9 heteroatoms. The SMILES string of the molecule is CCOc1cc(/C=C2\SC(=O)N(Cc3ccc(F)cc3)C2=O)ccc1OCC(=O)Nc1ccccc1C(C)C. The lowest BCUT2D eigenvalue weighted by Gasteiger charge is -2.15. The van der Waals surface area contributed by atoms with Crippen molar-refractivity contribution >= 4 is 40.6 Å². The number of ether oxygens (including phenoxy) is 2. The monoisotopic (exact) mass is 548 g/mol. The normalized spacial score (nSPS) is 14.3. The van der Waals surface area contributed by atoms with Crippen molar-refractivity contribution in [2.75, 3.05) is 18.5 Å². The molecule has 1 N–H and O–H groups in total. The van der Waals surface area contributed by atoms with Crippen LogP contribution < -0.4 is 14.8 Å². The third-order valence-corrected chi connectivity index (χ3v) is 6.82. The standard InChI is InChI=1S/C30H29FN2O5S/c1-4-37-26-15-21(16-27-29(35)33(30(36)39-27)17-20-9-12-22(31)13-10-20)11-14-25(26)38-18-28(34)32-24-8-6-5-7-23(24)19(2)3/h5-16,19H,4,17-18H2,1-3H3,(H,32,34)/b27-16-. The molecule has 202 valence electrons. The van der Waals surface area contributed by atoms with Crippen LogP contribution in [-0.2, 0) is 16.1 Å². The van der Waals surface area contributed by atoms with Crippen molar-refractivity contribution < 1.29 is 28.2 Å². The van der Waals surface area contributed by atoms with E-state index in [2.05, 4.69) is 19.2 Å². The van der Waals surface area contributed by atoms with Gasteiger partial charge in [-0.2, -0.15) is 0 Å². The van der Waals surface area contributed by atoms with E-state index in [4.69, 9.17) is 9.47 Å². The third-order valence-electron chi connectivity index (χ3n) is 5.91. The Morgan fingerprint density at radius 3 is 2.49 bits per heavy atom. The maximum atomic E-state index is 13.2. The van der Waals surface area contributed by atoms with Gasteiger partial charge in [-0.15, -0.1) is 0 Å². The number of carbonyl (C=O) groups is 3. The number of halogens is 1. The maximum Gasteiger partial charge on any atom is 0.293 e. The highest BCUT2D eigenvalue weighted by molar-refractivity contribution is 8.18. The summed E-state index contributed by atoms with van der Waals surface area (Å²) in [7, 11) is 0. The number of benzene rings is 3. The molecule has 3 amide bonds. The number of thioether (sulfide) groups is 1. The van der Waals surface area contributed by atoms with E-state index in [9.17, 15) is 18.8 Å². The first-order valence-corrected chi connectivity index (χ1v) is 13.3. The van der Waals surface area contributed by atoms with Crippen LogP contribution in [0.3, 0.4) is 0 Å². The Kier molecular flexibility index (Phi) is 9.03. The lowest BCUT2D eigenvalue weighted by atomic mass is 10.0. The molecule has 0 saturated carbocycles. The number of anilines is 1. The highest BCUT2D eigenvalue weighted by Gasteiger charge is 2.35. The minimum atomic E-state index is -0.425. The summed E-state index contributed by atoms with van der Waals surface area (Å²) in [6, 6.07) is 18.4. The Balaban J connectivity index is 1.44. The number of imide groups is 1. The molecule has 1 fully saturated rings. The Morgan fingerprint density at radius 1 is 1.03 bits per heavy atom. The lowest BCUT2D eigenvalue weighted by Crippen LogP contribution is -2.27. The van der Waals surface area contributed by atoms with Crippen LogP contribution in [0.15, 0.2) is 71.6 Å². The highest BCUT2D eigenvalue weighted by Crippen LogP contribution is 2.35. The molecule has 0 unspecified atom stereocenters. The lowest BCUT2D eigenvalue weighted by molar-refractivity contribution is -0.123. The summed E-state index contributed by atoms with van der Waals surface area (Å²) in [6.45, 7) is 6.15. The van der Waals surface area contributed by atoms with E-state index in [0.29, 0.717) is 29.2 Å². The summed E-state index contributed by atoms with van der Waals surface area (Å²) < 4.78 is 24.7. The van der Waals surface area contributed by atoms with Crippen molar-refractivity contribution in [1.82, 2.24) is 4.90 Å². The number of carbonyl (C=O) groups excluding carboxylic acids is 3. The van der Waals surface area contributed by atoms with Crippen LogP contribution in [0.1, 0.15) is 43.4 Å². The molecule has 4 rings (SSSR count). The molecule has 1 aliphatic rings. The molecule has 1 aliphatic heterocycles. The molecule has 39 heavy (non-hydrogen) atoms. The number of nitrogens with one attached hydrogen (secondary N) is 1. The van der Waals surface area contributed by atoms with Crippen molar-refractivity contribution in [3.8, 4) is 11.5 Å². The largest absolute Gasteiger partial charge is 0.490 e. The molecule has 0 aromatic heterocycles. The summed E-state index contributed by atoms with van der Waals surface area (Å²) in [4.78, 5) is 39.4. The van der Waals surface area contributed by atoms with Crippen LogP contribution in [0.2, 0.25) is 0 Å². The van der Waals surface area contributed by atoms with Crippen LogP contribution in [0.5, 0.6) is 11.5 Å². The van der Waals surface area contributed by atoms with Gasteiger partial charge in [-0.1, -0.05) is 50.2 Å². The summed E-state index contributed by atoms with van der Waals surface area (Å²) in [6.07, 6.45) is 1.61. The van der Waals surface area contributed by atoms with Gasteiger partial charge in [-0.05, 0) is 77.7 Å². The number of rotatable bonds is 10. The fourth-order valence-electron chi connectivity index (χ4n) is 4.01. The van der Waals surface area contributed by atoms with Gasteiger partial charge in [0.05, 0.1) is 18.1 Å². The zero-order valence-corrected chi connectivity index (χ0v) is 22.7. The fourth-order valence-corrected chi connectivity index (χ4v) is 4.84. The third kappa shape index (κ3) is 7.06. The summed E-state index contributed by atoms with van der Waals surface area (Å²) in [5.74, 6) is -0.0699. The second kappa shape index (κ2) is 12.6. The smallest absolute Gasteiger partial charge is 0.293 e. The first-order valence-electron chi connectivity index (χ1n) is 12.5. The average molecular weight is 549 g/mol. The number of hydrogen-bond donors (Lipinski definition) is 1. The predicted octanol–water partition coefficient (Wildman–Crippen LogP) is 6.60. The molecule has 7 nitrogen and oxygen atoms in total. The molecule has 0 atom stereocenters. The predicted molar refractivity (Wildman–Crippen MR) is 150 cm³/mol. The van der Waals surface area contributed by atoms with E-state index in [1.165, 1.54) is 12.1 Å². The van der Waals surface area contributed by atoms with Crippen molar-refractivity contribution in [2.45, 2.75) is 33.2 Å². The van der Waals surface area contributed by atoms with Crippen LogP contribution in [-0.4, -0.2) is 35.2 Å². The van der Waals surface area contributed by atoms with Gasteiger partial charge in [-0.25, -0.2) is 4.39 Å². The second-order valence-corrected chi connectivity index (χ2v) is 10.1. The number of hydrogen-bond acceptors (Lipinski definition) is 6. The van der Waals surface area contributed by atoms with Gasteiger partial charge in [-0.3, -0.25) is 19.3 Å². The van der Waals surface area contributed by atoms with Gasteiger partial charge in [0, 0.05) is 5.69 Å². The van der Waals surface area contributed by atoms with E-state index in [-0.39, 0.29) is 35.7 Å². The minimum absolute atomic E-state index is 0.0585. The van der Waals surface area contributed by atoms with Gasteiger partial charge in [0.1, 0.15) is 5.82 Å². The summed E-state index contributed by atoms with van der Waals surface area (Å²) in [5, 5.41) is 2.50. The summed E-state index contributed by atoms with van der Waals surface area (Å²) >= 11 is 0.840. The van der Waals surface area contributed by atoms with Crippen LogP contribution >= 0.6 is 11.8 Å². The zero-order chi connectivity index (χ0) is 27.9. The van der Waals surface area contributed by atoms with Gasteiger partial charge in [0.2, 0.25) is 0 Å². The molecular weight excluding hydrogens is 519 g/mol. The molecule has 0 bridgehead atoms. The Labute approximate surface area is 231 Å². The van der Waals surface area contributed by atoms with Crippen LogP contribution in [0.4, 0.5) is 14.9 Å². The molecule has 0 aliphatic carbocycles. The van der Waals surface area contributed by atoms with Crippen molar-refractivity contribution in [2.24, 2.45) is 0 Å². The van der Waals surface area contributed by atoms with E-state index in [0.717, 1.165) is 27.9 Å². The van der Waals surface area contributed by atoms with Gasteiger partial charge in [0.15, 0.2) is 18.1 Å². The number of para-hydroxylation sites is 1. The van der Waals surface area contributed by atoms with Crippen molar-refractivity contribution in [3.63, 3.8) is 0 Å². The molecule has 1 saturated heterocycles. The number of nitrogens with zero attached hydrogens (tertiary/aromatic N) is 1. The van der Waals surface area contributed by atoms with E-state index < -0.39 is 11.1 Å². The molecule has 3 aromatic rings. The molecular formula is C30H29FN2O5S. The number of amides is 3. The highest BCUT2D eigenvalue weighted by atomic mass is 32.2. The van der Waals surface area contributed by atoms with Gasteiger partial charge < -0.3 is 14.8 Å².